The van der Waals surface area contributed by atoms with Gasteiger partial charge in [0.2, 0.25) is 0 Å². The lowest BCUT2D eigenvalue weighted by molar-refractivity contribution is 0.383. The van der Waals surface area contributed by atoms with Crippen molar-refractivity contribution in [3.8, 4) is 0 Å². The highest BCUT2D eigenvalue weighted by Gasteiger charge is 2.07. The van der Waals surface area contributed by atoms with Crippen LogP contribution >= 0.6 is 11.6 Å². The van der Waals surface area contributed by atoms with Crippen LogP contribution in [0.15, 0.2) is 18.2 Å². The molecular weight excluding hydrogens is 194 g/mol. The second kappa shape index (κ2) is 4.81. The molecule has 1 unspecified atom stereocenters. The quantitative estimate of drug-likeness (QED) is 0.742. The summed E-state index contributed by atoms with van der Waals surface area (Å²) in [6, 6.07) is 6.26. The molecule has 2 heteroatoms. The van der Waals surface area contributed by atoms with E-state index in [1.165, 1.54) is 11.1 Å². The summed E-state index contributed by atoms with van der Waals surface area (Å²) in [6.07, 6.45) is 0. The lowest BCUT2D eigenvalue weighted by atomic mass is 9.99. The van der Waals surface area contributed by atoms with E-state index in [1.807, 2.05) is 6.07 Å². The maximum Gasteiger partial charge on any atom is 0.0411 e. The highest BCUT2D eigenvalue weighted by atomic mass is 35.5. The minimum atomic E-state index is 0.530. The van der Waals surface area contributed by atoms with Crippen LogP contribution < -0.4 is 0 Å². The Hall–Kier alpha value is -0.530. The summed E-state index contributed by atoms with van der Waals surface area (Å²) in [5.74, 6) is 0.530. The van der Waals surface area contributed by atoms with Crippen molar-refractivity contribution >= 4 is 11.6 Å². The van der Waals surface area contributed by atoms with Crippen molar-refractivity contribution in [2.45, 2.75) is 19.8 Å². The minimum absolute atomic E-state index is 0.530. The van der Waals surface area contributed by atoms with E-state index in [0.717, 1.165) is 11.6 Å². The van der Waals surface area contributed by atoms with Crippen molar-refractivity contribution in [3.63, 3.8) is 0 Å². The molecule has 1 aromatic rings. The van der Waals surface area contributed by atoms with Gasteiger partial charge in [-0.2, -0.15) is 0 Å². The smallest absolute Gasteiger partial charge is 0.0411 e. The molecule has 1 nitrogen and oxygen atoms in total. The molecule has 0 aliphatic rings. The molecule has 0 amide bonds. The van der Waals surface area contributed by atoms with Crippen LogP contribution in [0.4, 0.5) is 0 Å². The van der Waals surface area contributed by atoms with Gasteiger partial charge in [-0.15, -0.1) is 0 Å². The SMILES string of the molecule is Cc1cc(Cl)cc(C(C)CN(C)C)c1. The van der Waals surface area contributed by atoms with Gasteiger partial charge in [0.05, 0.1) is 0 Å². The normalized spacial score (nSPS) is 13.3. The van der Waals surface area contributed by atoms with Gasteiger partial charge in [-0.1, -0.05) is 24.6 Å². The van der Waals surface area contributed by atoms with E-state index in [9.17, 15) is 0 Å². The Morgan fingerprint density at radius 1 is 1.29 bits per heavy atom. The maximum absolute atomic E-state index is 6.02. The van der Waals surface area contributed by atoms with Gasteiger partial charge in [0.15, 0.2) is 0 Å². The Kier molecular flexibility index (Phi) is 3.97. The third-order valence-electron chi connectivity index (χ3n) is 2.27. The van der Waals surface area contributed by atoms with Crippen LogP contribution in [0, 0.1) is 6.92 Å². The van der Waals surface area contributed by atoms with Crippen LogP contribution in [0.2, 0.25) is 5.02 Å². The van der Waals surface area contributed by atoms with Crippen molar-refractivity contribution < 1.29 is 0 Å². The second-order valence-corrected chi connectivity index (χ2v) is 4.66. The summed E-state index contributed by atoms with van der Waals surface area (Å²) in [4.78, 5) is 2.20. The number of benzene rings is 1. The van der Waals surface area contributed by atoms with Gasteiger partial charge in [0.25, 0.3) is 0 Å². The average molecular weight is 212 g/mol. The third kappa shape index (κ3) is 3.32. The average Bonchev–Trinajstić information content (AvgIpc) is 2.00. The highest BCUT2D eigenvalue weighted by Crippen LogP contribution is 2.21. The molecule has 78 valence electrons. The maximum atomic E-state index is 6.02. The lowest BCUT2D eigenvalue weighted by Crippen LogP contribution is -2.18. The van der Waals surface area contributed by atoms with Crippen LogP contribution in [0.25, 0.3) is 0 Å². The Bertz CT molecular complexity index is 287. The first-order valence-corrected chi connectivity index (χ1v) is 5.28. The number of halogens is 1. The van der Waals surface area contributed by atoms with Gasteiger partial charge in [-0.05, 0) is 50.2 Å². The summed E-state index contributed by atoms with van der Waals surface area (Å²) < 4.78 is 0. The van der Waals surface area contributed by atoms with Crippen molar-refractivity contribution in [2.75, 3.05) is 20.6 Å². The van der Waals surface area contributed by atoms with E-state index < -0.39 is 0 Å². The number of hydrogen-bond donors (Lipinski definition) is 0. The molecule has 0 bridgehead atoms. The Morgan fingerprint density at radius 3 is 2.43 bits per heavy atom. The van der Waals surface area contributed by atoms with Gasteiger partial charge in [0.1, 0.15) is 0 Å². The number of likely N-dealkylation sites (N-methyl/N-ethyl adjacent to an activating group) is 1. The first-order chi connectivity index (χ1) is 6.49. The van der Waals surface area contributed by atoms with Gasteiger partial charge in [-0.3, -0.25) is 0 Å². The number of hydrogen-bond acceptors (Lipinski definition) is 1. The van der Waals surface area contributed by atoms with Crippen molar-refractivity contribution in [1.29, 1.82) is 0 Å². The Balaban J connectivity index is 2.84. The van der Waals surface area contributed by atoms with E-state index in [2.05, 4.69) is 45.0 Å². The lowest BCUT2D eigenvalue weighted by Gasteiger charge is -2.17. The van der Waals surface area contributed by atoms with Crippen molar-refractivity contribution in [1.82, 2.24) is 4.90 Å². The Labute approximate surface area is 91.7 Å². The molecule has 0 N–H and O–H groups in total. The molecule has 1 rings (SSSR count). The monoisotopic (exact) mass is 211 g/mol. The molecule has 0 aliphatic heterocycles. The summed E-state index contributed by atoms with van der Waals surface area (Å²) in [5, 5.41) is 0.839. The molecule has 0 spiro atoms. The minimum Gasteiger partial charge on any atom is -0.309 e. The van der Waals surface area contributed by atoms with E-state index in [-0.39, 0.29) is 0 Å². The molecule has 0 aliphatic carbocycles. The van der Waals surface area contributed by atoms with Crippen LogP contribution in [0.5, 0.6) is 0 Å². The van der Waals surface area contributed by atoms with E-state index >= 15 is 0 Å². The summed E-state index contributed by atoms with van der Waals surface area (Å²) in [6.45, 7) is 5.36. The van der Waals surface area contributed by atoms with E-state index in [4.69, 9.17) is 11.6 Å². The van der Waals surface area contributed by atoms with E-state index in [0.29, 0.717) is 5.92 Å². The van der Waals surface area contributed by atoms with Crippen LogP contribution in [-0.4, -0.2) is 25.5 Å². The van der Waals surface area contributed by atoms with E-state index in [1.54, 1.807) is 0 Å². The van der Waals surface area contributed by atoms with Crippen LogP contribution in [0.1, 0.15) is 24.0 Å². The molecule has 0 radical (unpaired) electrons. The topological polar surface area (TPSA) is 3.24 Å². The summed E-state index contributed by atoms with van der Waals surface area (Å²) in [5.41, 5.74) is 2.56. The fourth-order valence-corrected chi connectivity index (χ4v) is 2.00. The first-order valence-electron chi connectivity index (χ1n) is 4.91. The van der Waals surface area contributed by atoms with Gasteiger partial charge in [-0.25, -0.2) is 0 Å². The van der Waals surface area contributed by atoms with Gasteiger partial charge in [0, 0.05) is 11.6 Å². The summed E-state index contributed by atoms with van der Waals surface area (Å²) >= 11 is 6.02. The standard InChI is InChI=1S/C12H18ClN/c1-9-5-11(7-12(13)6-9)10(2)8-14(3)4/h5-7,10H,8H2,1-4H3. The second-order valence-electron chi connectivity index (χ2n) is 4.23. The van der Waals surface area contributed by atoms with Crippen LogP contribution in [-0.2, 0) is 0 Å². The zero-order valence-electron chi connectivity index (χ0n) is 9.34. The number of aryl methyl sites for hydroxylation is 1. The molecule has 0 saturated carbocycles. The predicted molar refractivity (Wildman–Crippen MR) is 63.2 cm³/mol. The molecule has 0 heterocycles. The largest absolute Gasteiger partial charge is 0.309 e. The Morgan fingerprint density at radius 2 is 1.93 bits per heavy atom. The molecule has 0 saturated heterocycles. The molecule has 0 fully saturated rings. The molecule has 0 aromatic heterocycles. The molecule has 14 heavy (non-hydrogen) atoms. The molecule has 1 aromatic carbocycles. The summed E-state index contributed by atoms with van der Waals surface area (Å²) in [7, 11) is 4.18. The predicted octanol–water partition coefficient (Wildman–Crippen LogP) is 3.31. The van der Waals surface area contributed by atoms with Crippen LogP contribution in [0.3, 0.4) is 0 Å². The molecular formula is C12H18ClN. The van der Waals surface area contributed by atoms with Gasteiger partial charge < -0.3 is 4.90 Å². The molecule has 1 atom stereocenters. The fourth-order valence-electron chi connectivity index (χ4n) is 1.70. The number of rotatable bonds is 3. The fraction of sp³-hybridized carbons (Fsp3) is 0.500. The first kappa shape index (κ1) is 11.5. The zero-order valence-corrected chi connectivity index (χ0v) is 10.1. The van der Waals surface area contributed by atoms with Gasteiger partial charge >= 0.3 is 0 Å². The van der Waals surface area contributed by atoms with Crippen molar-refractivity contribution in [2.24, 2.45) is 0 Å². The zero-order chi connectivity index (χ0) is 10.7. The highest BCUT2D eigenvalue weighted by molar-refractivity contribution is 6.30. The van der Waals surface area contributed by atoms with Crippen molar-refractivity contribution in [3.05, 3.63) is 34.3 Å². The third-order valence-corrected chi connectivity index (χ3v) is 2.49. The number of nitrogens with zero attached hydrogens (tertiary/aromatic N) is 1.